The van der Waals surface area contributed by atoms with Crippen molar-refractivity contribution in [3.8, 4) is 0 Å². The van der Waals surface area contributed by atoms with Gasteiger partial charge in [-0.25, -0.2) is 0 Å². The highest BCUT2D eigenvalue weighted by atomic mass is 14.9. The first-order chi connectivity index (χ1) is 4.37. The van der Waals surface area contributed by atoms with Crippen LogP contribution in [0.15, 0.2) is 17.6 Å². The van der Waals surface area contributed by atoms with E-state index in [1.807, 2.05) is 6.08 Å². The summed E-state index contributed by atoms with van der Waals surface area (Å²) < 4.78 is 0. The van der Waals surface area contributed by atoms with Crippen molar-refractivity contribution in [3.63, 3.8) is 0 Å². The molecule has 0 amide bonds. The zero-order valence-electron chi connectivity index (χ0n) is 5.51. The van der Waals surface area contributed by atoms with Gasteiger partial charge in [-0.3, -0.25) is 4.99 Å². The molecule has 2 atom stereocenters. The summed E-state index contributed by atoms with van der Waals surface area (Å²) in [5.41, 5.74) is 0.578. The Labute approximate surface area is 55.5 Å². The average molecular weight is 121 g/mol. The lowest BCUT2D eigenvalue weighted by Gasteiger charge is -2.15. The largest absolute Gasteiger partial charge is 0.296 e. The minimum atomic E-state index is 0.578. The molecule has 0 aromatic carbocycles. The van der Waals surface area contributed by atoms with Crippen LogP contribution < -0.4 is 0 Å². The zero-order valence-corrected chi connectivity index (χ0v) is 5.51. The second kappa shape index (κ2) is 1.47. The Balaban J connectivity index is 1.95. The standard InChI is InChI=1S/C8H11N/c1-2-3-7-4-8(7)5-9-6-8/h2,5,7H,1,3-4,6H2/t7-,8?/m0/s1. The fourth-order valence-corrected chi connectivity index (χ4v) is 1.60. The molecule has 2 rings (SSSR count). The van der Waals surface area contributed by atoms with Crippen LogP contribution in [0.5, 0.6) is 0 Å². The summed E-state index contributed by atoms with van der Waals surface area (Å²) in [6.07, 6.45) is 6.70. The third kappa shape index (κ3) is 0.576. The molecule has 1 nitrogen and oxygen atoms in total. The Hall–Kier alpha value is -0.590. The van der Waals surface area contributed by atoms with E-state index in [-0.39, 0.29) is 0 Å². The first-order valence-corrected chi connectivity index (χ1v) is 3.49. The molecular formula is C8H11N. The molecule has 1 fully saturated rings. The van der Waals surface area contributed by atoms with Gasteiger partial charge in [0.15, 0.2) is 0 Å². The molecule has 48 valence electrons. The molecule has 0 saturated heterocycles. The van der Waals surface area contributed by atoms with E-state index in [9.17, 15) is 0 Å². The van der Waals surface area contributed by atoms with Crippen molar-refractivity contribution in [2.75, 3.05) is 6.54 Å². The Bertz CT molecular complexity index is 171. The maximum absolute atomic E-state index is 4.11. The molecule has 1 unspecified atom stereocenters. The highest BCUT2D eigenvalue weighted by molar-refractivity contribution is 5.76. The predicted octanol–water partition coefficient (Wildman–Crippen LogP) is 1.65. The predicted molar refractivity (Wildman–Crippen MR) is 38.7 cm³/mol. The zero-order chi connectivity index (χ0) is 6.32. The summed E-state index contributed by atoms with van der Waals surface area (Å²) in [7, 11) is 0. The molecule has 0 aromatic heterocycles. The van der Waals surface area contributed by atoms with E-state index in [0.29, 0.717) is 5.41 Å². The van der Waals surface area contributed by atoms with Gasteiger partial charge in [0.25, 0.3) is 0 Å². The van der Waals surface area contributed by atoms with Gasteiger partial charge in [0, 0.05) is 18.2 Å². The van der Waals surface area contributed by atoms with Crippen LogP contribution >= 0.6 is 0 Å². The SMILES string of the molecule is C=CC[C@H]1CC12C=NC2. The van der Waals surface area contributed by atoms with E-state index in [2.05, 4.69) is 17.8 Å². The second-order valence-electron chi connectivity index (χ2n) is 3.13. The lowest BCUT2D eigenvalue weighted by Crippen LogP contribution is -2.19. The maximum Gasteiger partial charge on any atom is 0.0494 e. The van der Waals surface area contributed by atoms with E-state index in [1.54, 1.807) is 0 Å². The van der Waals surface area contributed by atoms with Crippen LogP contribution in [0.2, 0.25) is 0 Å². The van der Waals surface area contributed by atoms with Crippen LogP contribution in [0.1, 0.15) is 12.8 Å². The summed E-state index contributed by atoms with van der Waals surface area (Å²) in [6.45, 7) is 4.81. The van der Waals surface area contributed by atoms with Gasteiger partial charge in [0.1, 0.15) is 0 Å². The van der Waals surface area contributed by atoms with E-state index in [1.165, 1.54) is 12.8 Å². The lowest BCUT2D eigenvalue weighted by atomic mass is 10.00. The highest BCUT2D eigenvalue weighted by Gasteiger charge is 2.54. The van der Waals surface area contributed by atoms with Crippen molar-refractivity contribution >= 4 is 6.21 Å². The Morgan fingerprint density at radius 2 is 2.67 bits per heavy atom. The van der Waals surface area contributed by atoms with Crippen molar-refractivity contribution in [1.29, 1.82) is 0 Å². The molecule has 1 aliphatic carbocycles. The number of aliphatic imine (C=N–C) groups is 1. The van der Waals surface area contributed by atoms with Crippen molar-refractivity contribution in [2.45, 2.75) is 12.8 Å². The lowest BCUT2D eigenvalue weighted by molar-refractivity contribution is 0.586. The maximum atomic E-state index is 4.11. The smallest absolute Gasteiger partial charge is 0.0494 e. The minimum absolute atomic E-state index is 0.578. The fraction of sp³-hybridized carbons (Fsp3) is 0.625. The van der Waals surface area contributed by atoms with E-state index in [4.69, 9.17) is 0 Å². The molecule has 1 saturated carbocycles. The molecule has 1 spiro atoms. The summed E-state index contributed by atoms with van der Waals surface area (Å²) in [5.74, 6) is 0.896. The van der Waals surface area contributed by atoms with Crippen LogP contribution in [-0.4, -0.2) is 12.8 Å². The van der Waals surface area contributed by atoms with Gasteiger partial charge >= 0.3 is 0 Å². The Kier molecular flexibility index (Phi) is 0.850. The second-order valence-corrected chi connectivity index (χ2v) is 3.13. The summed E-state index contributed by atoms with van der Waals surface area (Å²) in [6, 6.07) is 0. The van der Waals surface area contributed by atoms with Crippen molar-refractivity contribution in [2.24, 2.45) is 16.3 Å². The van der Waals surface area contributed by atoms with Crippen molar-refractivity contribution in [3.05, 3.63) is 12.7 Å². The minimum Gasteiger partial charge on any atom is -0.296 e. The summed E-state index contributed by atoms with van der Waals surface area (Å²) >= 11 is 0. The fourth-order valence-electron chi connectivity index (χ4n) is 1.60. The highest BCUT2D eigenvalue weighted by Crippen LogP contribution is 2.56. The molecule has 2 aliphatic rings. The number of rotatable bonds is 2. The van der Waals surface area contributed by atoms with Gasteiger partial charge in [0.05, 0.1) is 0 Å². The van der Waals surface area contributed by atoms with Crippen molar-refractivity contribution in [1.82, 2.24) is 0 Å². The van der Waals surface area contributed by atoms with Crippen LogP contribution in [0, 0.1) is 11.3 Å². The Morgan fingerprint density at radius 3 is 3.00 bits per heavy atom. The molecule has 0 radical (unpaired) electrons. The van der Waals surface area contributed by atoms with Crippen LogP contribution in [0.4, 0.5) is 0 Å². The molecule has 1 aliphatic heterocycles. The van der Waals surface area contributed by atoms with Gasteiger partial charge in [-0.1, -0.05) is 6.08 Å². The number of nitrogens with zero attached hydrogens (tertiary/aromatic N) is 1. The molecule has 1 heterocycles. The summed E-state index contributed by atoms with van der Waals surface area (Å²) in [5, 5.41) is 0. The third-order valence-corrected chi connectivity index (χ3v) is 2.46. The quantitative estimate of drug-likeness (QED) is 0.492. The van der Waals surface area contributed by atoms with Crippen LogP contribution in [-0.2, 0) is 0 Å². The molecule has 0 bridgehead atoms. The molecule has 1 heteroatoms. The van der Waals surface area contributed by atoms with Gasteiger partial charge in [-0.2, -0.15) is 0 Å². The molecule has 9 heavy (non-hydrogen) atoms. The van der Waals surface area contributed by atoms with Gasteiger partial charge in [-0.15, -0.1) is 6.58 Å². The third-order valence-electron chi connectivity index (χ3n) is 2.46. The first kappa shape index (κ1) is 5.21. The van der Waals surface area contributed by atoms with Crippen LogP contribution in [0.25, 0.3) is 0 Å². The van der Waals surface area contributed by atoms with E-state index in [0.717, 1.165) is 12.5 Å². The normalized spacial score (nSPS) is 44.7. The molecular weight excluding hydrogens is 110 g/mol. The average Bonchev–Trinajstić information content (AvgIpc) is 2.41. The topological polar surface area (TPSA) is 12.4 Å². The number of hydrogen-bond donors (Lipinski definition) is 0. The first-order valence-electron chi connectivity index (χ1n) is 3.49. The molecule has 0 aromatic rings. The monoisotopic (exact) mass is 121 g/mol. The Morgan fingerprint density at radius 1 is 1.89 bits per heavy atom. The van der Waals surface area contributed by atoms with Gasteiger partial charge in [0.2, 0.25) is 0 Å². The van der Waals surface area contributed by atoms with Crippen molar-refractivity contribution < 1.29 is 0 Å². The molecule has 0 N–H and O–H groups in total. The van der Waals surface area contributed by atoms with E-state index >= 15 is 0 Å². The van der Waals surface area contributed by atoms with Gasteiger partial charge in [-0.05, 0) is 18.8 Å². The van der Waals surface area contributed by atoms with Gasteiger partial charge < -0.3 is 0 Å². The number of hydrogen-bond acceptors (Lipinski definition) is 1. The summed E-state index contributed by atoms with van der Waals surface area (Å²) in [4.78, 5) is 4.11. The van der Waals surface area contributed by atoms with E-state index < -0.39 is 0 Å². The van der Waals surface area contributed by atoms with Crippen LogP contribution in [0.3, 0.4) is 0 Å². The number of allylic oxidation sites excluding steroid dienone is 1.